The molecule has 5 heteroatoms. The Labute approximate surface area is 121 Å². The SMILES string of the molecule is CC(C)CC(CNC(=O)NC(C)C1CCCC1)C(=O)O. The van der Waals surface area contributed by atoms with Gasteiger partial charge in [-0.3, -0.25) is 4.79 Å². The molecule has 0 heterocycles. The number of carboxylic acids is 1. The molecule has 2 amide bonds. The first kappa shape index (κ1) is 16.8. The quantitative estimate of drug-likeness (QED) is 0.672. The van der Waals surface area contributed by atoms with Crippen molar-refractivity contribution in [2.45, 2.75) is 58.9 Å². The van der Waals surface area contributed by atoms with Gasteiger partial charge in [0.05, 0.1) is 5.92 Å². The van der Waals surface area contributed by atoms with Crippen LogP contribution in [0.15, 0.2) is 0 Å². The molecule has 0 saturated heterocycles. The summed E-state index contributed by atoms with van der Waals surface area (Å²) in [5, 5.41) is 14.7. The molecule has 116 valence electrons. The molecule has 1 fully saturated rings. The topological polar surface area (TPSA) is 78.4 Å². The minimum Gasteiger partial charge on any atom is -0.481 e. The van der Waals surface area contributed by atoms with E-state index in [4.69, 9.17) is 5.11 Å². The molecule has 2 atom stereocenters. The molecule has 1 saturated carbocycles. The number of carboxylic acid groups (broad SMARTS) is 1. The van der Waals surface area contributed by atoms with Gasteiger partial charge in [-0.1, -0.05) is 26.7 Å². The highest BCUT2D eigenvalue weighted by Gasteiger charge is 2.24. The predicted octanol–water partition coefficient (Wildman–Crippen LogP) is 2.61. The Morgan fingerprint density at radius 2 is 1.80 bits per heavy atom. The number of carbonyl (C=O) groups excluding carboxylic acids is 1. The van der Waals surface area contributed by atoms with Crippen molar-refractivity contribution in [2.24, 2.45) is 17.8 Å². The lowest BCUT2D eigenvalue weighted by molar-refractivity contribution is -0.142. The normalized spacial score (nSPS) is 18.8. The van der Waals surface area contributed by atoms with E-state index in [2.05, 4.69) is 10.6 Å². The highest BCUT2D eigenvalue weighted by Crippen LogP contribution is 2.27. The summed E-state index contributed by atoms with van der Waals surface area (Å²) in [6.45, 7) is 6.19. The van der Waals surface area contributed by atoms with E-state index in [1.165, 1.54) is 25.7 Å². The van der Waals surface area contributed by atoms with Crippen LogP contribution in [0.3, 0.4) is 0 Å². The van der Waals surface area contributed by atoms with Crippen molar-refractivity contribution in [2.75, 3.05) is 6.54 Å². The van der Waals surface area contributed by atoms with E-state index in [-0.39, 0.29) is 18.6 Å². The van der Waals surface area contributed by atoms with Gasteiger partial charge in [-0.2, -0.15) is 0 Å². The second-order valence-corrected chi connectivity index (χ2v) is 6.35. The zero-order valence-corrected chi connectivity index (χ0v) is 12.8. The van der Waals surface area contributed by atoms with Crippen LogP contribution in [-0.4, -0.2) is 29.7 Å². The fraction of sp³-hybridized carbons (Fsp3) is 0.867. The lowest BCUT2D eigenvalue weighted by atomic mass is 9.97. The molecule has 0 bridgehead atoms. The summed E-state index contributed by atoms with van der Waals surface area (Å²) >= 11 is 0. The van der Waals surface area contributed by atoms with Crippen LogP contribution < -0.4 is 10.6 Å². The summed E-state index contributed by atoms with van der Waals surface area (Å²) in [5.41, 5.74) is 0. The largest absolute Gasteiger partial charge is 0.481 e. The molecule has 0 spiro atoms. The monoisotopic (exact) mass is 284 g/mol. The number of hydrogen-bond donors (Lipinski definition) is 3. The Morgan fingerprint density at radius 3 is 2.30 bits per heavy atom. The standard InChI is InChI=1S/C15H28N2O3/c1-10(2)8-13(14(18)19)9-16-15(20)17-11(3)12-6-4-5-7-12/h10-13H,4-9H2,1-3H3,(H,18,19)(H2,16,17,20). The molecule has 2 unspecified atom stereocenters. The van der Waals surface area contributed by atoms with Gasteiger partial charge in [-0.25, -0.2) is 4.79 Å². The maximum Gasteiger partial charge on any atom is 0.315 e. The van der Waals surface area contributed by atoms with Crippen LogP contribution in [0, 0.1) is 17.8 Å². The maximum atomic E-state index is 11.8. The molecule has 3 N–H and O–H groups in total. The van der Waals surface area contributed by atoms with Crippen LogP contribution in [0.1, 0.15) is 52.9 Å². The van der Waals surface area contributed by atoms with Crippen molar-refractivity contribution in [3.8, 4) is 0 Å². The van der Waals surface area contributed by atoms with Crippen LogP contribution in [0.4, 0.5) is 4.79 Å². The number of urea groups is 1. The second kappa shape index (κ2) is 8.12. The zero-order chi connectivity index (χ0) is 15.1. The molecule has 0 aromatic rings. The summed E-state index contributed by atoms with van der Waals surface area (Å²) in [5.74, 6) is -0.490. The van der Waals surface area contributed by atoms with E-state index in [9.17, 15) is 9.59 Å². The summed E-state index contributed by atoms with van der Waals surface area (Å²) < 4.78 is 0. The van der Waals surface area contributed by atoms with Gasteiger partial charge in [0, 0.05) is 12.6 Å². The summed E-state index contributed by atoms with van der Waals surface area (Å²) in [7, 11) is 0. The van der Waals surface area contributed by atoms with E-state index in [1.807, 2.05) is 20.8 Å². The van der Waals surface area contributed by atoms with E-state index in [1.54, 1.807) is 0 Å². The van der Waals surface area contributed by atoms with Crippen molar-refractivity contribution in [3.63, 3.8) is 0 Å². The van der Waals surface area contributed by atoms with E-state index >= 15 is 0 Å². The first-order valence-electron chi connectivity index (χ1n) is 7.67. The summed E-state index contributed by atoms with van der Waals surface area (Å²) in [6, 6.07) is -0.0923. The first-order valence-corrected chi connectivity index (χ1v) is 7.67. The van der Waals surface area contributed by atoms with Crippen molar-refractivity contribution >= 4 is 12.0 Å². The van der Waals surface area contributed by atoms with Crippen LogP contribution in [0.2, 0.25) is 0 Å². The number of carbonyl (C=O) groups is 2. The molecule has 5 nitrogen and oxygen atoms in total. The minimum atomic E-state index is -0.845. The maximum absolute atomic E-state index is 11.8. The second-order valence-electron chi connectivity index (χ2n) is 6.35. The third kappa shape index (κ3) is 5.80. The van der Waals surface area contributed by atoms with Crippen LogP contribution in [-0.2, 0) is 4.79 Å². The Bertz CT molecular complexity index is 325. The highest BCUT2D eigenvalue weighted by atomic mass is 16.4. The van der Waals surface area contributed by atoms with Crippen molar-refractivity contribution < 1.29 is 14.7 Å². The minimum absolute atomic E-state index is 0.158. The van der Waals surface area contributed by atoms with Crippen molar-refractivity contribution in [1.29, 1.82) is 0 Å². The smallest absolute Gasteiger partial charge is 0.315 e. The van der Waals surface area contributed by atoms with Gasteiger partial charge in [0.15, 0.2) is 0 Å². The third-order valence-electron chi connectivity index (χ3n) is 4.08. The van der Waals surface area contributed by atoms with E-state index in [0.29, 0.717) is 18.3 Å². The van der Waals surface area contributed by atoms with E-state index < -0.39 is 11.9 Å². The van der Waals surface area contributed by atoms with Crippen molar-refractivity contribution in [1.82, 2.24) is 10.6 Å². The lowest BCUT2D eigenvalue weighted by Crippen LogP contribution is -2.45. The molecule has 20 heavy (non-hydrogen) atoms. The molecular formula is C15H28N2O3. The summed E-state index contributed by atoms with van der Waals surface area (Å²) in [4.78, 5) is 22.9. The van der Waals surface area contributed by atoms with Crippen LogP contribution in [0.25, 0.3) is 0 Å². The number of rotatable bonds is 7. The molecule has 1 aliphatic carbocycles. The van der Waals surface area contributed by atoms with Gasteiger partial charge < -0.3 is 15.7 Å². The fourth-order valence-corrected chi connectivity index (χ4v) is 2.89. The number of amides is 2. The number of aliphatic carboxylic acids is 1. The van der Waals surface area contributed by atoms with E-state index in [0.717, 1.165) is 0 Å². The molecule has 0 radical (unpaired) electrons. The predicted molar refractivity (Wildman–Crippen MR) is 78.5 cm³/mol. The molecule has 1 aliphatic rings. The molecular weight excluding hydrogens is 256 g/mol. The number of hydrogen-bond acceptors (Lipinski definition) is 2. The Morgan fingerprint density at radius 1 is 1.20 bits per heavy atom. The molecule has 0 aromatic heterocycles. The Kier molecular flexibility index (Phi) is 6.82. The van der Waals surface area contributed by atoms with Gasteiger partial charge in [-0.05, 0) is 38.0 Å². The molecule has 0 aromatic carbocycles. The van der Waals surface area contributed by atoms with Gasteiger partial charge >= 0.3 is 12.0 Å². The Balaban J connectivity index is 2.31. The average molecular weight is 284 g/mol. The van der Waals surface area contributed by atoms with Crippen molar-refractivity contribution in [3.05, 3.63) is 0 Å². The van der Waals surface area contributed by atoms with Gasteiger partial charge in [0.1, 0.15) is 0 Å². The summed E-state index contributed by atoms with van der Waals surface area (Å²) in [6.07, 6.45) is 5.41. The number of nitrogens with one attached hydrogen (secondary N) is 2. The zero-order valence-electron chi connectivity index (χ0n) is 12.8. The van der Waals surface area contributed by atoms with Gasteiger partial charge in [-0.15, -0.1) is 0 Å². The van der Waals surface area contributed by atoms with Gasteiger partial charge in [0.25, 0.3) is 0 Å². The third-order valence-corrected chi connectivity index (χ3v) is 4.08. The van der Waals surface area contributed by atoms with Gasteiger partial charge in [0.2, 0.25) is 0 Å². The molecule has 0 aliphatic heterocycles. The highest BCUT2D eigenvalue weighted by molar-refractivity contribution is 5.76. The lowest BCUT2D eigenvalue weighted by Gasteiger charge is -2.21. The fourth-order valence-electron chi connectivity index (χ4n) is 2.89. The molecule has 1 rings (SSSR count). The van der Waals surface area contributed by atoms with Crippen LogP contribution >= 0.6 is 0 Å². The van der Waals surface area contributed by atoms with Crippen LogP contribution in [0.5, 0.6) is 0 Å². The Hall–Kier alpha value is -1.26. The first-order chi connectivity index (χ1) is 9.40. The average Bonchev–Trinajstić information content (AvgIpc) is 2.87.